The second kappa shape index (κ2) is 6.16. The summed E-state index contributed by atoms with van der Waals surface area (Å²) in [6, 6.07) is 7.11. The number of H-pyrrole nitrogens is 1. The number of aromatic amines is 1. The van der Waals surface area contributed by atoms with Crippen LogP contribution in [0.25, 0.3) is 10.9 Å². The molecule has 0 atom stereocenters. The lowest BCUT2D eigenvalue weighted by atomic mass is 10.1. The molecule has 1 saturated heterocycles. The number of rotatable bonds is 1. The van der Waals surface area contributed by atoms with Gasteiger partial charge < -0.3 is 14.8 Å². The summed E-state index contributed by atoms with van der Waals surface area (Å²) in [5.74, 6) is -0.290. The zero-order valence-corrected chi connectivity index (χ0v) is 14.2. The van der Waals surface area contributed by atoms with Gasteiger partial charge in [-0.05, 0) is 24.3 Å². The van der Waals surface area contributed by atoms with Gasteiger partial charge in [-0.2, -0.15) is 0 Å². The molecule has 0 saturated carbocycles. The molecule has 0 radical (unpaired) electrons. The molecule has 2 aromatic rings. The van der Waals surface area contributed by atoms with Gasteiger partial charge in [0.25, 0.3) is 11.5 Å². The highest BCUT2D eigenvalue weighted by molar-refractivity contribution is 9.10. The number of nitrogens with zero attached hydrogens (tertiary/aromatic N) is 2. The molecule has 6 nitrogen and oxygen atoms in total. The van der Waals surface area contributed by atoms with Crippen molar-refractivity contribution < 1.29 is 9.59 Å². The van der Waals surface area contributed by atoms with Gasteiger partial charge in [-0.1, -0.05) is 15.9 Å². The number of piperazine rings is 1. The van der Waals surface area contributed by atoms with Crippen LogP contribution in [0.1, 0.15) is 17.3 Å². The van der Waals surface area contributed by atoms with E-state index in [9.17, 15) is 14.4 Å². The first kappa shape index (κ1) is 15.7. The molecular formula is C16H16BrN3O3. The lowest BCUT2D eigenvalue weighted by Crippen LogP contribution is -2.50. The maximum Gasteiger partial charge on any atom is 0.261 e. The van der Waals surface area contributed by atoms with Gasteiger partial charge in [0.05, 0.1) is 0 Å². The number of amides is 2. The van der Waals surface area contributed by atoms with Gasteiger partial charge in [0, 0.05) is 48.5 Å². The molecule has 7 heteroatoms. The molecule has 1 N–H and O–H groups in total. The second-order valence-corrected chi connectivity index (χ2v) is 6.46. The molecule has 1 aliphatic rings. The summed E-state index contributed by atoms with van der Waals surface area (Å²) >= 11 is 3.38. The lowest BCUT2D eigenvalue weighted by Gasteiger charge is -2.34. The number of halogens is 1. The number of hydrogen-bond donors (Lipinski definition) is 1. The van der Waals surface area contributed by atoms with Crippen molar-refractivity contribution in [3.63, 3.8) is 0 Å². The summed E-state index contributed by atoms with van der Waals surface area (Å²) in [6.45, 7) is 3.39. The SMILES string of the molecule is CC(=O)N1CCN(C(=O)c2cc3cc(Br)ccc3[nH]c2=O)CC1. The van der Waals surface area contributed by atoms with Crippen LogP contribution in [-0.2, 0) is 4.79 Å². The van der Waals surface area contributed by atoms with Gasteiger partial charge in [-0.15, -0.1) is 0 Å². The Balaban J connectivity index is 1.88. The molecule has 1 aromatic carbocycles. The predicted molar refractivity (Wildman–Crippen MR) is 90.4 cm³/mol. The number of aromatic nitrogens is 1. The van der Waals surface area contributed by atoms with Crippen LogP contribution in [0, 0.1) is 0 Å². The average molecular weight is 378 g/mol. The van der Waals surface area contributed by atoms with Gasteiger partial charge in [0.2, 0.25) is 5.91 Å². The Bertz CT molecular complexity index is 838. The van der Waals surface area contributed by atoms with Crippen molar-refractivity contribution >= 4 is 38.6 Å². The zero-order chi connectivity index (χ0) is 16.6. The highest BCUT2D eigenvalue weighted by Crippen LogP contribution is 2.18. The number of hydrogen-bond acceptors (Lipinski definition) is 3. The lowest BCUT2D eigenvalue weighted by molar-refractivity contribution is -0.130. The minimum absolute atomic E-state index is 0.00509. The van der Waals surface area contributed by atoms with E-state index in [0.29, 0.717) is 31.7 Å². The Hall–Kier alpha value is -2.15. The highest BCUT2D eigenvalue weighted by atomic mass is 79.9. The van der Waals surface area contributed by atoms with Crippen molar-refractivity contribution in [3.8, 4) is 0 Å². The maximum absolute atomic E-state index is 12.6. The third kappa shape index (κ3) is 3.14. The monoisotopic (exact) mass is 377 g/mol. The van der Waals surface area contributed by atoms with Crippen LogP contribution in [-0.4, -0.2) is 52.8 Å². The smallest absolute Gasteiger partial charge is 0.261 e. The number of nitrogens with one attached hydrogen (secondary N) is 1. The Kier molecular flexibility index (Phi) is 4.21. The fourth-order valence-electron chi connectivity index (χ4n) is 2.73. The Morgan fingerprint density at radius 2 is 1.74 bits per heavy atom. The van der Waals surface area contributed by atoms with Crippen LogP contribution >= 0.6 is 15.9 Å². The number of carbonyl (C=O) groups is 2. The topological polar surface area (TPSA) is 73.5 Å². The van der Waals surface area contributed by atoms with E-state index in [2.05, 4.69) is 20.9 Å². The summed E-state index contributed by atoms with van der Waals surface area (Å²) in [5.41, 5.74) is 0.432. The number of carbonyl (C=O) groups excluding carboxylic acids is 2. The fourth-order valence-corrected chi connectivity index (χ4v) is 3.11. The van der Waals surface area contributed by atoms with E-state index in [-0.39, 0.29) is 22.9 Å². The summed E-state index contributed by atoms with van der Waals surface area (Å²) in [6.07, 6.45) is 0. The number of benzene rings is 1. The average Bonchev–Trinajstić information content (AvgIpc) is 2.54. The minimum Gasteiger partial charge on any atom is -0.339 e. The predicted octanol–water partition coefficient (Wildman–Crippen LogP) is 1.59. The van der Waals surface area contributed by atoms with Crippen molar-refractivity contribution in [1.29, 1.82) is 0 Å². The van der Waals surface area contributed by atoms with E-state index in [1.54, 1.807) is 21.9 Å². The second-order valence-electron chi connectivity index (χ2n) is 5.54. The van der Waals surface area contributed by atoms with Crippen molar-refractivity contribution in [2.45, 2.75) is 6.92 Å². The molecule has 1 fully saturated rings. The first-order valence-corrected chi connectivity index (χ1v) is 8.12. The molecule has 1 aromatic heterocycles. The van der Waals surface area contributed by atoms with E-state index in [4.69, 9.17) is 0 Å². The first-order chi connectivity index (χ1) is 11.0. The molecule has 0 spiro atoms. The van der Waals surface area contributed by atoms with Crippen molar-refractivity contribution in [2.75, 3.05) is 26.2 Å². The van der Waals surface area contributed by atoms with Crippen molar-refractivity contribution in [3.05, 3.63) is 44.7 Å². The van der Waals surface area contributed by atoms with Gasteiger partial charge >= 0.3 is 0 Å². The third-order valence-electron chi connectivity index (χ3n) is 4.05. The summed E-state index contributed by atoms with van der Waals surface area (Å²) < 4.78 is 0.880. The molecule has 1 aliphatic heterocycles. The zero-order valence-electron chi connectivity index (χ0n) is 12.6. The van der Waals surface area contributed by atoms with E-state index in [1.807, 2.05) is 12.1 Å². The maximum atomic E-state index is 12.6. The van der Waals surface area contributed by atoms with E-state index >= 15 is 0 Å². The Morgan fingerprint density at radius 3 is 2.39 bits per heavy atom. The Labute approximate surface area is 141 Å². The van der Waals surface area contributed by atoms with Crippen LogP contribution in [0.3, 0.4) is 0 Å². The number of pyridine rings is 1. The van der Waals surface area contributed by atoms with Gasteiger partial charge in [-0.3, -0.25) is 14.4 Å². The van der Waals surface area contributed by atoms with E-state index in [0.717, 1.165) is 9.86 Å². The molecule has 0 bridgehead atoms. The van der Waals surface area contributed by atoms with Crippen LogP contribution in [0.5, 0.6) is 0 Å². The quantitative estimate of drug-likeness (QED) is 0.819. The van der Waals surface area contributed by atoms with Crippen LogP contribution in [0.15, 0.2) is 33.5 Å². The van der Waals surface area contributed by atoms with Crippen LogP contribution in [0.2, 0.25) is 0 Å². The molecule has 23 heavy (non-hydrogen) atoms. The largest absolute Gasteiger partial charge is 0.339 e. The summed E-state index contributed by atoms with van der Waals surface area (Å²) in [4.78, 5) is 42.2. The molecule has 3 rings (SSSR count). The van der Waals surface area contributed by atoms with Gasteiger partial charge in [-0.25, -0.2) is 0 Å². The highest BCUT2D eigenvalue weighted by Gasteiger charge is 2.25. The molecule has 0 aliphatic carbocycles. The fraction of sp³-hybridized carbons (Fsp3) is 0.312. The molecule has 2 heterocycles. The molecule has 2 amide bonds. The normalized spacial score (nSPS) is 15.0. The van der Waals surface area contributed by atoms with Crippen molar-refractivity contribution in [1.82, 2.24) is 14.8 Å². The molecule has 120 valence electrons. The molecule has 0 unspecified atom stereocenters. The van der Waals surface area contributed by atoms with Gasteiger partial charge in [0.1, 0.15) is 5.56 Å². The first-order valence-electron chi connectivity index (χ1n) is 7.33. The number of fused-ring (bicyclic) bond motifs is 1. The van der Waals surface area contributed by atoms with E-state index < -0.39 is 0 Å². The van der Waals surface area contributed by atoms with E-state index in [1.165, 1.54) is 6.92 Å². The Morgan fingerprint density at radius 1 is 1.09 bits per heavy atom. The molecular weight excluding hydrogens is 362 g/mol. The standard InChI is InChI=1S/C16H16BrN3O3/c1-10(21)19-4-6-20(7-5-19)16(23)13-9-11-8-12(17)2-3-14(11)18-15(13)22/h2-3,8-9H,4-7H2,1H3,(H,18,22). The summed E-state index contributed by atoms with van der Waals surface area (Å²) in [7, 11) is 0. The summed E-state index contributed by atoms with van der Waals surface area (Å²) in [5, 5.41) is 0.796. The third-order valence-corrected chi connectivity index (χ3v) is 4.54. The van der Waals surface area contributed by atoms with Crippen LogP contribution < -0.4 is 5.56 Å². The van der Waals surface area contributed by atoms with Crippen LogP contribution in [0.4, 0.5) is 0 Å². The van der Waals surface area contributed by atoms with Gasteiger partial charge in [0.15, 0.2) is 0 Å². The van der Waals surface area contributed by atoms with Crippen molar-refractivity contribution in [2.24, 2.45) is 0 Å². The minimum atomic E-state index is -0.390.